The SMILES string of the molecule is CCCCOc1ccc(CNc2cncc(C)c2)cc1. The number of aromatic nitrogens is 1. The fourth-order valence-electron chi connectivity index (χ4n) is 1.89. The zero-order chi connectivity index (χ0) is 14.2. The van der Waals surface area contributed by atoms with Crippen LogP contribution in [0.25, 0.3) is 0 Å². The smallest absolute Gasteiger partial charge is 0.119 e. The van der Waals surface area contributed by atoms with Gasteiger partial charge in [-0.1, -0.05) is 25.5 Å². The molecule has 106 valence electrons. The van der Waals surface area contributed by atoms with Crippen molar-refractivity contribution >= 4 is 5.69 Å². The van der Waals surface area contributed by atoms with Crippen molar-refractivity contribution < 1.29 is 4.74 Å². The average molecular weight is 270 g/mol. The van der Waals surface area contributed by atoms with Crippen LogP contribution in [0.3, 0.4) is 0 Å². The molecule has 0 amide bonds. The van der Waals surface area contributed by atoms with E-state index in [0.717, 1.165) is 43.0 Å². The number of hydrogen-bond donors (Lipinski definition) is 1. The third kappa shape index (κ3) is 4.57. The van der Waals surface area contributed by atoms with Crippen LogP contribution in [0.15, 0.2) is 42.7 Å². The number of aryl methyl sites for hydroxylation is 1. The molecule has 2 rings (SSSR count). The minimum Gasteiger partial charge on any atom is -0.494 e. The summed E-state index contributed by atoms with van der Waals surface area (Å²) in [5, 5.41) is 3.37. The molecular weight excluding hydrogens is 248 g/mol. The summed E-state index contributed by atoms with van der Waals surface area (Å²) in [4.78, 5) is 4.17. The first-order valence-corrected chi connectivity index (χ1v) is 7.15. The molecule has 0 saturated heterocycles. The maximum Gasteiger partial charge on any atom is 0.119 e. The number of nitrogens with zero attached hydrogens (tertiary/aromatic N) is 1. The van der Waals surface area contributed by atoms with Gasteiger partial charge in [0.25, 0.3) is 0 Å². The summed E-state index contributed by atoms with van der Waals surface area (Å²) in [6.07, 6.45) is 5.96. The molecule has 3 heteroatoms. The van der Waals surface area contributed by atoms with Crippen LogP contribution in [0.4, 0.5) is 5.69 Å². The first kappa shape index (κ1) is 14.4. The van der Waals surface area contributed by atoms with E-state index in [4.69, 9.17) is 4.74 Å². The van der Waals surface area contributed by atoms with E-state index in [1.165, 1.54) is 5.56 Å². The van der Waals surface area contributed by atoms with E-state index in [0.29, 0.717) is 0 Å². The Balaban J connectivity index is 1.84. The molecule has 0 fully saturated rings. The highest BCUT2D eigenvalue weighted by Gasteiger charge is 1.97. The topological polar surface area (TPSA) is 34.1 Å². The first-order chi connectivity index (χ1) is 9.78. The van der Waals surface area contributed by atoms with Gasteiger partial charge in [0.1, 0.15) is 5.75 Å². The van der Waals surface area contributed by atoms with Crippen LogP contribution in [0.1, 0.15) is 30.9 Å². The van der Waals surface area contributed by atoms with Crippen LogP contribution in [0.5, 0.6) is 5.75 Å². The van der Waals surface area contributed by atoms with Gasteiger partial charge in [-0.2, -0.15) is 0 Å². The molecule has 0 atom stereocenters. The van der Waals surface area contributed by atoms with E-state index in [1.807, 2.05) is 31.5 Å². The summed E-state index contributed by atoms with van der Waals surface area (Å²) in [5.41, 5.74) is 3.44. The second-order valence-corrected chi connectivity index (χ2v) is 4.95. The number of ether oxygens (including phenoxy) is 1. The predicted octanol–water partition coefficient (Wildman–Crippen LogP) is 4.18. The highest BCUT2D eigenvalue weighted by Crippen LogP contribution is 2.14. The van der Waals surface area contributed by atoms with Crippen molar-refractivity contribution in [1.82, 2.24) is 4.98 Å². The Hall–Kier alpha value is -2.03. The average Bonchev–Trinajstić information content (AvgIpc) is 2.47. The number of rotatable bonds is 7. The summed E-state index contributed by atoms with van der Waals surface area (Å²) in [7, 11) is 0. The normalized spacial score (nSPS) is 10.3. The first-order valence-electron chi connectivity index (χ1n) is 7.15. The Morgan fingerprint density at radius 2 is 1.95 bits per heavy atom. The van der Waals surface area contributed by atoms with Crippen LogP contribution in [-0.4, -0.2) is 11.6 Å². The van der Waals surface area contributed by atoms with Crippen molar-refractivity contribution in [2.45, 2.75) is 33.2 Å². The lowest BCUT2D eigenvalue weighted by atomic mass is 10.2. The summed E-state index contributed by atoms with van der Waals surface area (Å²) in [6, 6.07) is 10.3. The molecule has 0 bridgehead atoms. The molecule has 1 N–H and O–H groups in total. The second-order valence-electron chi connectivity index (χ2n) is 4.95. The standard InChI is InChI=1S/C17H22N2O/c1-3-4-9-20-17-7-5-15(6-8-17)12-19-16-10-14(2)11-18-13-16/h5-8,10-11,13,19H,3-4,9,12H2,1-2H3. The second kappa shape index (κ2) is 7.53. The van der Waals surface area contributed by atoms with Crippen molar-refractivity contribution in [1.29, 1.82) is 0 Å². The summed E-state index contributed by atoms with van der Waals surface area (Å²) in [5.74, 6) is 0.944. The van der Waals surface area contributed by atoms with Gasteiger partial charge in [0.2, 0.25) is 0 Å². The molecule has 0 aliphatic rings. The van der Waals surface area contributed by atoms with E-state index in [9.17, 15) is 0 Å². The van der Waals surface area contributed by atoms with Gasteiger partial charge in [0, 0.05) is 18.9 Å². The lowest BCUT2D eigenvalue weighted by molar-refractivity contribution is 0.309. The van der Waals surface area contributed by atoms with E-state index < -0.39 is 0 Å². The fraction of sp³-hybridized carbons (Fsp3) is 0.353. The number of unbranched alkanes of at least 4 members (excludes halogenated alkanes) is 1. The number of nitrogens with one attached hydrogen (secondary N) is 1. The molecule has 0 saturated carbocycles. The molecule has 3 nitrogen and oxygen atoms in total. The van der Waals surface area contributed by atoms with Gasteiger partial charge >= 0.3 is 0 Å². The molecular formula is C17H22N2O. The van der Waals surface area contributed by atoms with Gasteiger partial charge < -0.3 is 10.1 Å². The highest BCUT2D eigenvalue weighted by atomic mass is 16.5. The van der Waals surface area contributed by atoms with Crippen LogP contribution in [-0.2, 0) is 6.54 Å². The van der Waals surface area contributed by atoms with Crippen molar-refractivity contribution in [3.8, 4) is 5.75 Å². The molecule has 0 aliphatic heterocycles. The number of pyridine rings is 1. The molecule has 2 aromatic rings. The molecule has 0 radical (unpaired) electrons. The summed E-state index contributed by atoms with van der Waals surface area (Å²) >= 11 is 0. The molecule has 20 heavy (non-hydrogen) atoms. The van der Waals surface area contributed by atoms with Crippen molar-refractivity contribution in [2.24, 2.45) is 0 Å². The van der Waals surface area contributed by atoms with E-state index in [2.05, 4.69) is 35.4 Å². The van der Waals surface area contributed by atoms with Gasteiger partial charge in [-0.25, -0.2) is 0 Å². The van der Waals surface area contributed by atoms with E-state index in [-0.39, 0.29) is 0 Å². The van der Waals surface area contributed by atoms with Crippen LogP contribution in [0, 0.1) is 6.92 Å². The third-order valence-corrected chi connectivity index (χ3v) is 3.06. The molecule has 0 aliphatic carbocycles. The highest BCUT2D eigenvalue weighted by molar-refractivity contribution is 5.43. The lowest BCUT2D eigenvalue weighted by Crippen LogP contribution is -2.00. The van der Waals surface area contributed by atoms with Gasteiger partial charge in [0.15, 0.2) is 0 Å². The van der Waals surface area contributed by atoms with Gasteiger partial charge in [-0.15, -0.1) is 0 Å². The zero-order valence-corrected chi connectivity index (χ0v) is 12.2. The van der Waals surface area contributed by atoms with Crippen LogP contribution in [0.2, 0.25) is 0 Å². The molecule has 0 spiro atoms. The molecule has 0 unspecified atom stereocenters. The maximum atomic E-state index is 5.65. The quantitative estimate of drug-likeness (QED) is 0.766. The van der Waals surface area contributed by atoms with E-state index in [1.54, 1.807) is 0 Å². The Kier molecular flexibility index (Phi) is 5.42. The predicted molar refractivity (Wildman–Crippen MR) is 83.1 cm³/mol. The van der Waals surface area contributed by atoms with Gasteiger partial charge in [-0.05, 0) is 42.7 Å². The number of benzene rings is 1. The van der Waals surface area contributed by atoms with Crippen molar-refractivity contribution in [3.63, 3.8) is 0 Å². The minimum atomic E-state index is 0.792. The van der Waals surface area contributed by atoms with Crippen molar-refractivity contribution in [3.05, 3.63) is 53.9 Å². The maximum absolute atomic E-state index is 5.65. The minimum absolute atomic E-state index is 0.792. The Labute approximate surface area is 121 Å². The molecule has 1 aromatic carbocycles. The number of hydrogen-bond acceptors (Lipinski definition) is 3. The fourth-order valence-corrected chi connectivity index (χ4v) is 1.89. The monoisotopic (exact) mass is 270 g/mol. The van der Waals surface area contributed by atoms with Crippen LogP contribution >= 0.6 is 0 Å². The largest absolute Gasteiger partial charge is 0.494 e. The Bertz CT molecular complexity index is 523. The molecule has 1 aromatic heterocycles. The molecule has 1 heterocycles. The Morgan fingerprint density at radius 1 is 1.15 bits per heavy atom. The summed E-state index contributed by atoms with van der Waals surface area (Å²) < 4.78 is 5.65. The number of anilines is 1. The van der Waals surface area contributed by atoms with E-state index >= 15 is 0 Å². The Morgan fingerprint density at radius 3 is 2.65 bits per heavy atom. The van der Waals surface area contributed by atoms with Gasteiger partial charge in [0.05, 0.1) is 12.3 Å². The zero-order valence-electron chi connectivity index (χ0n) is 12.2. The third-order valence-electron chi connectivity index (χ3n) is 3.06. The van der Waals surface area contributed by atoms with Crippen molar-refractivity contribution in [2.75, 3.05) is 11.9 Å². The lowest BCUT2D eigenvalue weighted by Gasteiger charge is -2.08. The summed E-state index contributed by atoms with van der Waals surface area (Å²) in [6.45, 7) is 5.79. The van der Waals surface area contributed by atoms with Gasteiger partial charge in [-0.3, -0.25) is 4.98 Å². The van der Waals surface area contributed by atoms with Crippen LogP contribution < -0.4 is 10.1 Å².